The molecule has 0 radical (unpaired) electrons. The van der Waals surface area contributed by atoms with E-state index in [-0.39, 0.29) is 48.0 Å². The summed E-state index contributed by atoms with van der Waals surface area (Å²) in [6.45, 7) is 10.9. The zero-order chi connectivity index (χ0) is 24.1. The summed E-state index contributed by atoms with van der Waals surface area (Å²) in [5.74, 6) is -3.45. The Morgan fingerprint density at radius 2 is 1.78 bits per heavy atom. The van der Waals surface area contributed by atoms with Crippen LogP contribution < -0.4 is 4.74 Å². The van der Waals surface area contributed by atoms with E-state index in [4.69, 9.17) is 9.16 Å². The number of esters is 1. The third-order valence-electron chi connectivity index (χ3n) is 5.84. The predicted octanol–water partition coefficient (Wildman–Crippen LogP) is 6.50. The zero-order valence-electron chi connectivity index (χ0n) is 19.5. The molecule has 1 aliphatic carbocycles. The summed E-state index contributed by atoms with van der Waals surface area (Å²) in [4.78, 5) is 11.7. The normalized spacial score (nSPS) is 15.2. The Hall–Kier alpha value is -2.32. The van der Waals surface area contributed by atoms with Crippen LogP contribution >= 0.6 is 0 Å². The lowest BCUT2D eigenvalue weighted by molar-refractivity contribution is -0.135. The first-order valence-electron chi connectivity index (χ1n) is 10.5. The maximum Gasteiger partial charge on any atom is 0.337 e. The number of carbonyl (C=O) groups excluding carboxylic acids is 1. The van der Waals surface area contributed by atoms with Gasteiger partial charge in [-0.05, 0) is 55.3 Å². The van der Waals surface area contributed by atoms with Crippen molar-refractivity contribution in [2.45, 2.75) is 51.7 Å². The van der Waals surface area contributed by atoms with Crippen LogP contribution in [0, 0.1) is 11.6 Å². The summed E-state index contributed by atoms with van der Waals surface area (Å²) in [6.07, 6.45) is 4.00. The van der Waals surface area contributed by atoms with E-state index in [9.17, 15) is 13.6 Å². The fourth-order valence-electron chi connectivity index (χ4n) is 2.92. The molecule has 1 aromatic rings. The Balaban J connectivity index is 2.22. The van der Waals surface area contributed by atoms with E-state index in [1.54, 1.807) is 6.08 Å². The SMILES string of the molecule is COC(=O)C1=CCCC(c2c(F)ccc(OCCO[Si](C)(C)C(C)(C)C)c2F)=C(F)C=C1. The lowest BCUT2D eigenvalue weighted by Crippen LogP contribution is -2.41. The number of ether oxygens (including phenoxy) is 2. The van der Waals surface area contributed by atoms with E-state index < -0.39 is 37.3 Å². The van der Waals surface area contributed by atoms with Crippen molar-refractivity contribution in [3.05, 3.63) is 59.0 Å². The third kappa shape index (κ3) is 6.13. The molecule has 0 aromatic heterocycles. The first-order valence-corrected chi connectivity index (χ1v) is 13.4. The van der Waals surface area contributed by atoms with Crippen molar-refractivity contribution in [1.29, 1.82) is 0 Å². The summed E-state index contributed by atoms with van der Waals surface area (Å²) in [7, 11) is -0.753. The van der Waals surface area contributed by atoms with Gasteiger partial charge in [-0.15, -0.1) is 0 Å². The Bertz CT molecular complexity index is 943. The molecule has 0 unspecified atom stereocenters. The molecule has 0 atom stereocenters. The van der Waals surface area contributed by atoms with Crippen LogP contribution in [0.5, 0.6) is 5.75 Å². The number of carbonyl (C=O) groups is 1. The largest absolute Gasteiger partial charge is 0.488 e. The van der Waals surface area contributed by atoms with E-state index in [0.717, 1.165) is 12.1 Å². The minimum atomic E-state index is -1.98. The van der Waals surface area contributed by atoms with Crippen LogP contribution in [-0.2, 0) is 14.0 Å². The van der Waals surface area contributed by atoms with Gasteiger partial charge in [0, 0.05) is 5.57 Å². The van der Waals surface area contributed by atoms with Crippen molar-refractivity contribution < 1.29 is 31.9 Å². The molecular weight excluding hydrogens is 437 g/mol. The van der Waals surface area contributed by atoms with E-state index in [2.05, 4.69) is 38.6 Å². The van der Waals surface area contributed by atoms with Crippen molar-refractivity contribution in [3.63, 3.8) is 0 Å². The van der Waals surface area contributed by atoms with Crippen molar-refractivity contribution in [2.75, 3.05) is 20.3 Å². The second-order valence-electron chi connectivity index (χ2n) is 9.04. The third-order valence-corrected chi connectivity index (χ3v) is 10.4. The monoisotopic (exact) mass is 468 g/mol. The molecule has 0 saturated carbocycles. The number of rotatable bonds is 7. The first-order chi connectivity index (χ1) is 14.9. The summed E-state index contributed by atoms with van der Waals surface area (Å²) >= 11 is 0. The van der Waals surface area contributed by atoms with Gasteiger partial charge in [0.1, 0.15) is 18.3 Å². The number of hydrogen-bond acceptors (Lipinski definition) is 4. The first kappa shape index (κ1) is 25.9. The lowest BCUT2D eigenvalue weighted by Gasteiger charge is -2.36. The van der Waals surface area contributed by atoms with Crippen molar-refractivity contribution in [3.8, 4) is 5.75 Å². The van der Waals surface area contributed by atoms with Crippen molar-refractivity contribution >= 4 is 19.9 Å². The molecule has 0 aliphatic heterocycles. The summed E-state index contributed by atoms with van der Waals surface area (Å²) in [5, 5.41) is 0.0270. The molecule has 2 rings (SSSR count). The number of allylic oxidation sites excluding steroid dienone is 4. The molecule has 0 heterocycles. The average Bonchev–Trinajstić information content (AvgIpc) is 2.70. The minimum absolute atomic E-state index is 0.00242. The molecular formula is C24H31F3O4Si. The molecule has 0 spiro atoms. The van der Waals surface area contributed by atoms with Crippen LogP contribution in [0.3, 0.4) is 0 Å². The van der Waals surface area contributed by atoms with E-state index in [0.29, 0.717) is 0 Å². The van der Waals surface area contributed by atoms with Crippen LogP contribution in [0.1, 0.15) is 39.2 Å². The van der Waals surface area contributed by atoms with Gasteiger partial charge in [-0.25, -0.2) is 18.0 Å². The number of benzene rings is 1. The van der Waals surface area contributed by atoms with Gasteiger partial charge in [-0.2, -0.15) is 0 Å². The Labute approximate surface area is 188 Å². The van der Waals surface area contributed by atoms with Crippen LogP contribution in [-0.4, -0.2) is 34.6 Å². The van der Waals surface area contributed by atoms with E-state index >= 15 is 4.39 Å². The zero-order valence-corrected chi connectivity index (χ0v) is 20.5. The summed E-state index contributed by atoms with van der Waals surface area (Å²) in [6, 6.07) is 2.24. The molecule has 0 saturated heterocycles. The Kier molecular flexibility index (Phi) is 8.53. The van der Waals surface area contributed by atoms with Gasteiger partial charge in [-0.3, -0.25) is 0 Å². The highest BCUT2D eigenvalue weighted by Crippen LogP contribution is 2.37. The maximum absolute atomic E-state index is 15.1. The molecule has 32 heavy (non-hydrogen) atoms. The van der Waals surface area contributed by atoms with Crippen molar-refractivity contribution in [1.82, 2.24) is 0 Å². The molecule has 4 nitrogen and oxygen atoms in total. The van der Waals surface area contributed by atoms with Gasteiger partial charge in [-0.1, -0.05) is 26.8 Å². The highest BCUT2D eigenvalue weighted by Gasteiger charge is 2.37. The van der Waals surface area contributed by atoms with E-state index in [1.165, 1.54) is 19.3 Å². The topological polar surface area (TPSA) is 44.8 Å². The lowest BCUT2D eigenvalue weighted by atomic mass is 9.96. The molecule has 176 valence electrons. The highest BCUT2D eigenvalue weighted by atomic mass is 28.4. The second kappa shape index (κ2) is 10.5. The molecule has 1 aliphatic rings. The van der Waals surface area contributed by atoms with Crippen LogP contribution in [0.15, 0.2) is 41.8 Å². The smallest absolute Gasteiger partial charge is 0.337 e. The highest BCUT2D eigenvalue weighted by molar-refractivity contribution is 6.74. The fourth-order valence-corrected chi connectivity index (χ4v) is 3.95. The van der Waals surface area contributed by atoms with Crippen LogP contribution in [0.25, 0.3) is 5.57 Å². The molecule has 0 bridgehead atoms. The number of halogens is 3. The summed E-state index contributed by atoms with van der Waals surface area (Å²) in [5.41, 5.74) is -0.411. The molecule has 0 N–H and O–H groups in total. The molecule has 1 aromatic carbocycles. The van der Waals surface area contributed by atoms with Crippen LogP contribution in [0.4, 0.5) is 13.2 Å². The summed E-state index contributed by atoms with van der Waals surface area (Å²) < 4.78 is 60.6. The maximum atomic E-state index is 15.1. The fraction of sp³-hybridized carbons (Fsp3) is 0.458. The quantitative estimate of drug-likeness (QED) is 0.260. The van der Waals surface area contributed by atoms with Gasteiger partial charge in [0.15, 0.2) is 19.9 Å². The second-order valence-corrected chi connectivity index (χ2v) is 13.9. The predicted molar refractivity (Wildman–Crippen MR) is 122 cm³/mol. The molecule has 8 heteroatoms. The number of methoxy groups -OCH3 is 1. The Morgan fingerprint density at radius 1 is 1.09 bits per heavy atom. The standard InChI is InChI=1S/C24H31F3O4Si/c1-24(2,3)32(5,6)31-15-14-30-20-13-12-19(26)21(22(20)27)17-9-7-8-16(23(28)29-4)10-11-18(17)25/h8,10-13H,7,9,14-15H2,1-6H3. The van der Waals surface area contributed by atoms with Crippen LogP contribution in [0.2, 0.25) is 18.1 Å². The van der Waals surface area contributed by atoms with Gasteiger partial charge in [0.2, 0.25) is 0 Å². The minimum Gasteiger partial charge on any atom is -0.488 e. The van der Waals surface area contributed by atoms with Gasteiger partial charge in [0.05, 0.1) is 24.9 Å². The molecule has 0 fully saturated rings. The average molecular weight is 469 g/mol. The van der Waals surface area contributed by atoms with Gasteiger partial charge in [0.25, 0.3) is 0 Å². The Morgan fingerprint density at radius 3 is 2.41 bits per heavy atom. The van der Waals surface area contributed by atoms with E-state index in [1.807, 2.05) is 0 Å². The number of hydrogen-bond donors (Lipinski definition) is 0. The molecule has 0 amide bonds. The van der Waals surface area contributed by atoms with Crippen molar-refractivity contribution in [2.24, 2.45) is 0 Å². The van der Waals surface area contributed by atoms with Gasteiger partial charge >= 0.3 is 5.97 Å². The van der Waals surface area contributed by atoms with Gasteiger partial charge < -0.3 is 13.9 Å².